The fourth-order valence-electron chi connectivity index (χ4n) is 2.39. The van der Waals surface area contributed by atoms with Gasteiger partial charge in [0.05, 0.1) is 6.54 Å². The van der Waals surface area contributed by atoms with Gasteiger partial charge in [0.25, 0.3) is 0 Å². The van der Waals surface area contributed by atoms with Gasteiger partial charge in [-0.3, -0.25) is 4.79 Å². The van der Waals surface area contributed by atoms with Gasteiger partial charge in [-0.15, -0.1) is 0 Å². The van der Waals surface area contributed by atoms with Gasteiger partial charge in [-0.2, -0.15) is 0 Å². The number of nitrogens with one attached hydrogen (secondary N) is 2. The quantitative estimate of drug-likeness (QED) is 0.631. The molecule has 2 fully saturated rings. The van der Waals surface area contributed by atoms with E-state index in [2.05, 4.69) is 10.6 Å². The van der Waals surface area contributed by atoms with Gasteiger partial charge in [-0.25, -0.2) is 0 Å². The lowest BCUT2D eigenvalue weighted by molar-refractivity contribution is -0.136. The highest BCUT2D eigenvalue weighted by Gasteiger charge is 2.25. The molecule has 4 nitrogen and oxygen atoms in total. The van der Waals surface area contributed by atoms with Crippen molar-refractivity contribution in [2.75, 3.05) is 13.1 Å². The molecule has 0 aromatic carbocycles. The molecular weight excluding hydrogens is 204 g/mol. The monoisotopic (exact) mass is 226 g/mol. The van der Waals surface area contributed by atoms with Crippen LogP contribution in [0.3, 0.4) is 0 Å². The number of carbonyl (C=O) groups is 1. The van der Waals surface area contributed by atoms with Crippen molar-refractivity contribution in [2.24, 2.45) is 5.92 Å². The molecule has 0 spiro atoms. The van der Waals surface area contributed by atoms with Gasteiger partial charge in [0, 0.05) is 12.1 Å². The third-order valence-corrected chi connectivity index (χ3v) is 3.66. The molecule has 92 valence electrons. The second-order valence-electron chi connectivity index (χ2n) is 5.17. The lowest BCUT2D eigenvalue weighted by atomic mass is 9.91. The van der Waals surface area contributed by atoms with Crippen LogP contribution >= 0.6 is 0 Å². The lowest BCUT2D eigenvalue weighted by Crippen LogP contribution is -2.41. The summed E-state index contributed by atoms with van der Waals surface area (Å²) in [7, 11) is 0. The Morgan fingerprint density at radius 1 is 1.00 bits per heavy atom. The topological polar surface area (TPSA) is 61.4 Å². The van der Waals surface area contributed by atoms with Crippen molar-refractivity contribution in [2.45, 2.75) is 50.6 Å². The van der Waals surface area contributed by atoms with Crippen LogP contribution in [0.1, 0.15) is 38.5 Å². The Balaban J connectivity index is 1.56. The highest BCUT2D eigenvalue weighted by Crippen LogP contribution is 2.28. The first kappa shape index (κ1) is 11.9. The van der Waals surface area contributed by atoms with Gasteiger partial charge in [-0.1, -0.05) is 0 Å². The van der Waals surface area contributed by atoms with E-state index in [4.69, 9.17) is 5.11 Å². The van der Waals surface area contributed by atoms with Crippen LogP contribution in [-0.2, 0) is 4.79 Å². The van der Waals surface area contributed by atoms with Crippen molar-refractivity contribution in [3.63, 3.8) is 0 Å². The van der Waals surface area contributed by atoms with Crippen LogP contribution in [0.5, 0.6) is 0 Å². The Morgan fingerprint density at radius 2 is 1.56 bits per heavy atom. The predicted molar refractivity (Wildman–Crippen MR) is 62.4 cm³/mol. The summed E-state index contributed by atoms with van der Waals surface area (Å²) in [5, 5.41) is 15.3. The van der Waals surface area contributed by atoms with E-state index < -0.39 is 5.97 Å². The summed E-state index contributed by atoms with van der Waals surface area (Å²) >= 11 is 0. The van der Waals surface area contributed by atoms with Gasteiger partial charge in [0.2, 0.25) is 0 Å². The number of rotatable bonds is 6. The Hall–Kier alpha value is -0.610. The van der Waals surface area contributed by atoms with Crippen LogP contribution in [0.15, 0.2) is 0 Å². The van der Waals surface area contributed by atoms with Crippen molar-refractivity contribution in [3.8, 4) is 0 Å². The van der Waals surface area contributed by atoms with E-state index in [-0.39, 0.29) is 6.54 Å². The first-order chi connectivity index (χ1) is 7.74. The standard InChI is InChI=1S/C12H22N2O2/c15-12(16)8-14-11-5-3-10(4-6-11)13-7-9-1-2-9/h9-11,13-14H,1-8H2,(H,15,16). The molecule has 0 radical (unpaired) electrons. The van der Waals surface area contributed by atoms with E-state index in [0.717, 1.165) is 18.8 Å². The molecule has 0 aliphatic heterocycles. The molecule has 0 saturated heterocycles. The van der Waals surface area contributed by atoms with E-state index in [1.165, 1.54) is 32.2 Å². The Morgan fingerprint density at radius 3 is 2.06 bits per heavy atom. The Kier molecular flexibility index (Phi) is 4.18. The second kappa shape index (κ2) is 5.64. The third kappa shape index (κ3) is 4.10. The molecule has 2 rings (SSSR count). The molecule has 2 aliphatic carbocycles. The first-order valence-electron chi connectivity index (χ1n) is 6.42. The molecule has 2 aliphatic rings. The molecule has 0 atom stereocenters. The minimum absolute atomic E-state index is 0.102. The van der Waals surface area contributed by atoms with Crippen molar-refractivity contribution in [1.29, 1.82) is 0 Å². The van der Waals surface area contributed by atoms with Crippen molar-refractivity contribution in [1.82, 2.24) is 10.6 Å². The maximum absolute atomic E-state index is 10.4. The number of hydrogen-bond donors (Lipinski definition) is 3. The zero-order valence-corrected chi connectivity index (χ0v) is 9.74. The average Bonchev–Trinajstić information content (AvgIpc) is 3.09. The van der Waals surface area contributed by atoms with Gasteiger partial charge >= 0.3 is 5.97 Å². The summed E-state index contributed by atoms with van der Waals surface area (Å²) in [5.74, 6) is 0.192. The normalized spacial score (nSPS) is 30.2. The largest absolute Gasteiger partial charge is 0.480 e. The van der Waals surface area contributed by atoms with Crippen molar-refractivity contribution < 1.29 is 9.90 Å². The van der Waals surface area contributed by atoms with Crippen molar-refractivity contribution >= 4 is 5.97 Å². The summed E-state index contributed by atoms with van der Waals surface area (Å²) in [6.45, 7) is 1.29. The fourth-order valence-corrected chi connectivity index (χ4v) is 2.39. The molecule has 16 heavy (non-hydrogen) atoms. The van der Waals surface area contributed by atoms with E-state index in [1.807, 2.05) is 0 Å². The van der Waals surface area contributed by atoms with Crippen LogP contribution in [-0.4, -0.2) is 36.2 Å². The number of aliphatic carboxylic acids is 1. The fraction of sp³-hybridized carbons (Fsp3) is 0.917. The highest BCUT2D eigenvalue weighted by atomic mass is 16.4. The molecule has 0 unspecified atom stereocenters. The zero-order chi connectivity index (χ0) is 11.4. The summed E-state index contributed by atoms with van der Waals surface area (Å²) in [6.07, 6.45) is 7.39. The maximum Gasteiger partial charge on any atom is 0.317 e. The second-order valence-corrected chi connectivity index (χ2v) is 5.17. The van der Waals surface area contributed by atoms with E-state index in [9.17, 15) is 4.79 Å². The van der Waals surface area contributed by atoms with Crippen molar-refractivity contribution in [3.05, 3.63) is 0 Å². The zero-order valence-electron chi connectivity index (χ0n) is 9.74. The molecular formula is C12H22N2O2. The van der Waals surface area contributed by atoms with Gasteiger partial charge in [0.1, 0.15) is 0 Å². The molecule has 0 heterocycles. The minimum Gasteiger partial charge on any atom is -0.480 e. The van der Waals surface area contributed by atoms with Gasteiger partial charge < -0.3 is 15.7 Å². The number of carboxylic acids is 1. The van der Waals surface area contributed by atoms with Crippen LogP contribution < -0.4 is 10.6 Å². The Bertz CT molecular complexity index is 233. The average molecular weight is 226 g/mol. The molecule has 0 amide bonds. The first-order valence-corrected chi connectivity index (χ1v) is 6.42. The third-order valence-electron chi connectivity index (χ3n) is 3.66. The van der Waals surface area contributed by atoms with Crippen LogP contribution in [0.4, 0.5) is 0 Å². The molecule has 2 saturated carbocycles. The summed E-state index contributed by atoms with van der Waals surface area (Å²) in [5.41, 5.74) is 0. The predicted octanol–water partition coefficient (Wildman–Crippen LogP) is 0.971. The van der Waals surface area contributed by atoms with E-state index >= 15 is 0 Å². The van der Waals surface area contributed by atoms with E-state index in [1.54, 1.807) is 0 Å². The SMILES string of the molecule is O=C(O)CNC1CCC(NCC2CC2)CC1. The lowest BCUT2D eigenvalue weighted by Gasteiger charge is -2.29. The molecule has 0 bridgehead atoms. The number of carboxylic acid groups (broad SMARTS) is 1. The maximum atomic E-state index is 10.4. The summed E-state index contributed by atoms with van der Waals surface area (Å²) < 4.78 is 0. The number of hydrogen-bond acceptors (Lipinski definition) is 3. The summed E-state index contributed by atoms with van der Waals surface area (Å²) in [4.78, 5) is 10.4. The van der Waals surface area contributed by atoms with Crippen LogP contribution in [0.2, 0.25) is 0 Å². The van der Waals surface area contributed by atoms with Gasteiger partial charge in [-0.05, 0) is 51.0 Å². The molecule has 0 aromatic heterocycles. The van der Waals surface area contributed by atoms with Gasteiger partial charge in [0.15, 0.2) is 0 Å². The molecule has 3 N–H and O–H groups in total. The molecule has 4 heteroatoms. The summed E-state index contributed by atoms with van der Waals surface area (Å²) in [6, 6.07) is 1.08. The highest BCUT2D eigenvalue weighted by molar-refractivity contribution is 5.69. The smallest absolute Gasteiger partial charge is 0.317 e. The molecule has 0 aromatic rings. The van der Waals surface area contributed by atoms with Crippen LogP contribution in [0, 0.1) is 5.92 Å². The minimum atomic E-state index is -0.756. The van der Waals surface area contributed by atoms with Crippen LogP contribution in [0.25, 0.3) is 0 Å². The van der Waals surface area contributed by atoms with E-state index in [0.29, 0.717) is 12.1 Å². The Labute approximate surface area is 96.8 Å².